The number of carbonyl (C=O) groups excluding carboxylic acids is 1. The Balaban J connectivity index is 1.90. The number of rotatable bonds is 5. The summed E-state index contributed by atoms with van der Waals surface area (Å²) in [5.41, 5.74) is 1.60. The average Bonchev–Trinajstić information content (AvgIpc) is 2.53. The van der Waals surface area contributed by atoms with Crippen LogP contribution >= 0.6 is 0 Å². The van der Waals surface area contributed by atoms with Gasteiger partial charge in [0.2, 0.25) is 5.91 Å². The van der Waals surface area contributed by atoms with E-state index in [1.54, 1.807) is 0 Å². The van der Waals surface area contributed by atoms with E-state index >= 15 is 0 Å². The number of alkyl halides is 3. The molecule has 0 aliphatic heterocycles. The number of benzene rings is 2. The Morgan fingerprint density at radius 1 is 1.12 bits per heavy atom. The van der Waals surface area contributed by atoms with Crippen molar-refractivity contribution in [1.29, 1.82) is 0 Å². The van der Waals surface area contributed by atoms with Gasteiger partial charge in [-0.05, 0) is 37.6 Å². The van der Waals surface area contributed by atoms with Crippen LogP contribution in [0.25, 0.3) is 0 Å². The summed E-state index contributed by atoms with van der Waals surface area (Å²) in [6.45, 7) is 3.73. The molecule has 3 nitrogen and oxygen atoms in total. The van der Waals surface area contributed by atoms with Crippen LogP contribution in [-0.2, 0) is 11.0 Å². The van der Waals surface area contributed by atoms with Gasteiger partial charge in [0, 0.05) is 5.69 Å². The summed E-state index contributed by atoms with van der Waals surface area (Å²) in [5.74, 6) is -0.291. The Hall–Kier alpha value is -2.50. The number of aryl methyl sites for hydroxylation is 1. The molecule has 0 spiro atoms. The normalized spacial score (nSPS) is 12.5. The fraction of sp³-hybridized carbons (Fsp3) is 0.278. The topological polar surface area (TPSA) is 41.1 Å². The zero-order valence-corrected chi connectivity index (χ0v) is 13.4. The van der Waals surface area contributed by atoms with Gasteiger partial charge in [-0.2, -0.15) is 13.2 Å². The standard InChI is InChI=1S/C18H19F3N2O/c1-12-6-8-14(9-7-12)13(2)23-17(24)11-22-16-5-3-4-15(10-16)18(19,20)21/h3-10,13,22H,11H2,1-2H3,(H,23,24). The number of hydrogen-bond acceptors (Lipinski definition) is 2. The zero-order chi connectivity index (χ0) is 17.7. The number of nitrogens with one attached hydrogen (secondary N) is 2. The van der Waals surface area contributed by atoms with E-state index in [1.807, 2.05) is 38.1 Å². The maximum atomic E-state index is 12.6. The summed E-state index contributed by atoms with van der Waals surface area (Å²) >= 11 is 0. The summed E-state index contributed by atoms with van der Waals surface area (Å²) in [6, 6.07) is 12.4. The van der Waals surface area contributed by atoms with Gasteiger partial charge in [0.25, 0.3) is 0 Å². The fourth-order valence-corrected chi connectivity index (χ4v) is 2.22. The monoisotopic (exact) mass is 336 g/mol. The smallest absolute Gasteiger partial charge is 0.376 e. The van der Waals surface area contributed by atoms with Crippen LogP contribution in [0.1, 0.15) is 29.7 Å². The Morgan fingerprint density at radius 2 is 1.79 bits per heavy atom. The first-order valence-corrected chi connectivity index (χ1v) is 7.53. The van der Waals surface area contributed by atoms with Crippen LogP contribution in [0.5, 0.6) is 0 Å². The second-order valence-electron chi connectivity index (χ2n) is 5.63. The van der Waals surface area contributed by atoms with Crippen molar-refractivity contribution in [2.24, 2.45) is 0 Å². The van der Waals surface area contributed by atoms with Crippen LogP contribution in [-0.4, -0.2) is 12.5 Å². The zero-order valence-electron chi connectivity index (χ0n) is 13.4. The van der Waals surface area contributed by atoms with Crippen molar-refractivity contribution in [3.8, 4) is 0 Å². The molecule has 0 aromatic heterocycles. The molecule has 24 heavy (non-hydrogen) atoms. The lowest BCUT2D eigenvalue weighted by Crippen LogP contribution is -2.32. The lowest BCUT2D eigenvalue weighted by atomic mass is 10.1. The van der Waals surface area contributed by atoms with Crippen LogP contribution in [0.4, 0.5) is 18.9 Å². The first kappa shape index (κ1) is 17.8. The molecule has 0 radical (unpaired) electrons. The van der Waals surface area contributed by atoms with Gasteiger partial charge in [0.15, 0.2) is 0 Å². The van der Waals surface area contributed by atoms with Crippen molar-refractivity contribution in [3.05, 3.63) is 65.2 Å². The SMILES string of the molecule is Cc1ccc(C(C)NC(=O)CNc2cccc(C(F)(F)F)c2)cc1. The molecule has 128 valence electrons. The number of amides is 1. The second kappa shape index (κ2) is 7.38. The highest BCUT2D eigenvalue weighted by Crippen LogP contribution is 2.30. The van der Waals surface area contributed by atoms with Gasteiger partial charge in [0.05, 0.1) is 18.2 Å². The molecule has 2 N–H and O–H groups in total. The molecule has 2 rings (SSSR count). The molecule has 2 aromatic carbocycles. The summed E-state index contributed by atoms with van der Waals surface area (Å²) in [7, 11) is 0. The number of hydrogen-bond donors (Lipinski definition) is 2. The average molecular weight is 336 g/mol. The first-order valence-electron chi connectivity index (χ1n) is 7.53. The molecule has 0 aliphatic carbocycles. The van der Waals surface area contributed by atoms with Crippen LogP contribution in [0.3, 0.4) is 0 Å². The van der Waals surface area contributed by atoms with E-state index in [0.717, 1.165) is 23.3 Å². The first-order chi connectivity index (χ1) is 11.3. The summed E-state index contributed by atoms with van der Waals surface area (Å²) < 4.78 is 37.9. The molecular formula is C18H19F3N2O. The molecule has 0 aliphatic rings. The minimum atomic E-state index is -4.40. The highest BCUT2D eigenvalue weighted by Gasteiger charge is 2.30. The van der Waals surface area contributed by atoms with Crippen molar-refractivity contribution < 1.29 is 18.0 Å². The lowest BCUT2D eigenvalue weighted by Gasteiger charge is -2.15. The van der Waals surface area contributed by atoms with Crippen LogP contribution in [0, 0.1) is 6.92 Å². The predicted molar refractivity (Wildman–Crippen MR) is 87.7 cm³/mol. The van der Waals surface area contributed by atoms with Gasteiger partial charge >= 0.3 is 6.18 Å². The van der Waals surface area contributed by atoms with Crippen LogP contribution in [0.2, 0.25) is 0 Å². The molecule has 1 amide bonds. The number of halogens is 3. The maximum absolute atomic E-state index is 12.6. The quantitative estimate of drug-likeness (QED) is 0.854. The molecule has 1 unspecified atom stereocenters. The third-order valence-electron chi connectivity index (χ3n) is 3.60. The third-order valence-corrected chi connectivity index (χ3v) is 3.60. The number of anilines is 1. The van der Waals surface area contributed by atoms with E-state index in [1.165, 1.54) is 12.1 Å². The minimum Gasteiger partial charge on any atom is -0.376 e. The van der Waals surface area contributed by atoms with E-state index in [-0.39, 0.29) is 24.2 Å². The molecule has 0 saturated carbocycles. The van der Waals surface area contributed by atoms with Gasteiger partial charge < -0.3 is 10.6 Å². The highest BCUT2D eigenvalue weighted by molar-refractivity contribution is 5.81. The van der Waals surface area contributed by atoms with E-state index in [2.05, 4.69) is 10.6 Å². The van der Waals surface area contributed by atoms with Crippen molar-refractivity contribution in [1.82, 2.24) is 5.32 Å². The van der Waals surface area contributed by atoms with Gasteiger partial charge in [-0.15, -0.1) is 0 Å². The van der Waals surface area contributed by atoms with Gasteiger partial charge in [0.1, 0.15) is 0 Å². The van der Waals surface area contributed by atoms with E-state index in [9.17, 15) is 18.0 Å². The number of carbonyl (C=O) groups is 1. The molecule has 0 fully saturated rings. The Labute approximate surface area is 138 Å². The van der Waals surface area contributed by atoms with Gasteiger partial charge in [-0.1, -0.05) is 35.9 Å². The Bertz CT molecular complexity index is 696. The van der Waals surface area contributed by atoms with Crippen molar-refractivity contribution >= 4 is 11.6 Å². The van der Waals surface area contributed by atoms with E-state index in [4.69, 9.17) is 0 Å². The predicted octanol–water partition coefficient (Wildman–Crippen LogP) is 4.30. The summed E-state index contributed by atoms with van der Waals surface area (Å²) in [5, 5.41) is 5.52. The van der Waals surface area contributed by atoms with Crippen molar-refractivity contribution in [2.75, 3.05) is 11.9 Å². The minimum absolute atomic E-state index is 0.0997. The summed E-state index contributed by atoms with van der Waals surface area (Å²) in [6.07, 6.45) is -4.40. The fourth-order valence-electron chi connectivity index (χ4n) is 2.22. The Kier molecular flexibility index (Phi) is 5.49. The van der Waals surface area contributed by atoms with Crippen molar-refractivity contribution in [2.45, 2.75) is 26.1 Å². The van der Waals surface area contributed by atoms with Gasteiger partial charge in [-0.3, -0.25) is 4.79 Å². The molecule has 0 bridgehead atoms. The lowest BCUT2D eigenvalue weighted by molar-refractivity contribution is -0.137. The molecule has 0 heterocycles. The van der Waals surface area contributed by atoms with E-state index in [0.29, 0.717) is 0 Å². The largest absolute Gasteiger partial charge is 0.416 e. The summed E-state index contributed by atoms with van der Waals surface area (Å²) in [4.78, 5) is 12.0. The second-order valence-corrected chi connectivity index (χ2v) is 5.63. The van der Waals surface area contributed by atoms with Crippen molar-refractivity contribution in [3.63, 3.8) is 0 Å². The van der Waals surface area contributed by atoms with Gasteiger partial charge in [-0.25, -0.2) is 0 Å². The van der Waals surface area contributed by atoms with Crippen LogP contribution < -0.4 is 10.6 Å². The highest BCUT2D eigenvalue weighted by atomic mass is 19.4. The maximum Gasteiger partial charge on any atom is 0.416 e. The molecule has 1 atom stereocenters. The molecular weight excluding hydrogens is 317 g/mol. The van der Waals surface area contributed by atoms with Crippen LogP contribution in [0.15, 0.2) is 48.5 Å². The molecule has 0 saturated heterocycles. The third kappa shape index (κ3) is 5.01. The Morgan fingerprint density at radius 3 is 2.42 bits per heavy atom. The molecule has 2 aromatic rings. The van der Waals surface area contributed by atoms with E-state index < -0.39 is 11.7 Å². The molecule has 6 heteroatoms.